The molecule has 3 rings (SSSR count). The number of rotatable bonds is 3. The van der Waals surface area contributed by atoms with Crippen LogP contribution in [0.1, 0.15) is 62.6 Å². The lowest BCUT2D eigenvalue weighted by atomic mass is 9.86. The standard InChI is InChI=1S/C17H25NO/c1-12(13-5-2-3-6-13)18-17-8-4-7-14-9-10-15(19)11-16(14)17/h9-13,17-19H,2-8H2,1H3/t12-,17?/m0/s1. The number of aromatic hydroxyl groups is 1. The predicted octanol–water partition coefficient (Wildman–Crippen LogP) is 3.94. The summed E-state index contributed by atoms with van der Waals surface area (Å²) in [5.74, 6) is 1.25. The van der Waals surface area contributed by atoms with Crippen LogP contribution in [0.2, 0.25) is 0 Å². The highest BCUT2D eigenvalue weighted by atomic mass is 16.3. The van der Waals surface area contributed by atoms with Crippen LogP contribution in [0.5, 0.6) is 5.75 Å². The first-order valence-corrected chi connectivity index (χ1v) is 7.82. The molecule has 0 spiro atoms. The van der Waals surface area contributed by atoms with E-state index in [1.807, 2.05) is 12.1 Å². The molecule has 19 heavy (non-hydrogen) atoms. The topological polar surface area (TPSA) is 32.3 Å². The fourth-order valence-corrected chi connectivity index (χ4v) is 3.87. The van der Waals surface area contributed by atoms with Crippen molar-refractivity contribution in [2.24, 2.45) is 5.92 Å². The number of hydrogen-bond acceptors (Lipinski definition) is 2. The van der Waals surface area contributed by atoms with Gasteiger partial charge in [-0.05, 0) is 68.2 Å². The molecule has 2 aliphatic carbocycles. The van der Waals surface area contributed by atoms with Crippen LogP contribution in [0.3, 0.4) is 0 Å². The van der Waals surface area contributed by atoms with Gasteiger partial charge in [-0.2, -0.15) is 0 Å². The summed E-state index contributed by atoms with van der Waals surface area (Å²) in [4.78, 5) is 0. The van der Waals surface area contributed by atoms with E-state index in [1.165, 1.54) is 49.7 Å². The van der Waals surface area contributed by atoms with Crippen molar-refractivity contribution in [3.63, 3.8) is 0 Å². The van der Waals surface area contributed by atoms with Crippen LogP contribution in [0.15, 0.2) is 18.2 Å². The number of fused-ring (bicyclic) bond motifs is 1. The summed E-state index contributed by atoms with van der Waals surface area (Å²) in [5, 5.41) is 13.6. The summed E-state index contributed by atoms with van der Waals surface area (Å²) >= 11 is 0. The molecule has 0 aliphatic heterocycles. The van der Waals surface area contributed by atoms with Crippen LogP contribution in [-0.4, -0.2) is 11.1 Å². The Labute approximate surface area is 116 Å². The van der Waals surface area contributed by atoms with Crippen LogP contribution in [-0.2, 0) is 6.42 Å². The normalized spacial score (nSPS) is 25.2. The Balaban J connectivity index is 1.73. The number of phenolic OH excluding ortho intramolecular Hbond substituents is 1. The van der Waals surface area contributed by atoms with E-state index in [0.29, 0.717) is 17.8 Å². The summed E-state index contributed by atoms with van der Waals surface area (Å²) in [6, 6.07) is 6.92. The minimum absolute atomic E-state index is 0.404. The van der Waals surface area contributed by atoms with Crippen LogP contribution < -0.4 is 5.32 Å². The highest BCUT2D eigenvalue weighted by molar-refractivity contribution is 5.38. The van der Waals surface area contributed by atoms with Crippen molar-refractivity contribution in [2.45, 2.75) is 64.0 Å². The number of nitrogens with one attached hydrogen (secondary N) is 1. The van der Waals surface area contributed by atoms with E-state index in [0.717, 1.165) is 12.3 Å². The monoisotopic (exact) mass is 259 g/mol. The molecule has 0 amide bonds. The summed E-state index contributed by atoms with van der Waals surface area (Å²) in [5.41, 5.74) is 2.75. The molecule has 2 heteroatoms. The number of hydrogen-bond donors (Lipinski definition) is 2. The molecular formula is C17H25NO. The molecule has 1 aromatic carbocycles. The maximum Gasteiger partial charge on any atom is 0.115 e. The smallest absolute Gasteiger partial charge is 0.115 e. The summed E-state index contributed by atoms with van der Waals surface area (Å²) < 4.78 is 0. The van der Waals surface area contributed by atoms with Crippen LogP contribution in [0, 0.1) is 5.92 Å². The Bertz CT molecular complexity index is 437. The Kier molecular flexibility index (Phi) is 3.79. The van der Waals surface area contributed by atoms with Gasteiger partial charge in [-0.3, -0.25) is 0 Å². The summed E-state index contributed by atoms with van der Waals surface area (Å²) in [6.07, 6.45) is 9.19. The first kappa shape index (κ1) is 13.0. The number of phenols is 1. The fraction of sp³-hybridized carbons (Fsp3) is 0.647. The van der Waals surface area contributed by atoms with E-state index in [-0.39, 0.29) is 0 Å². The zero-order valence-corrected chi connectivity index (χ0v) is 11.9. The third-order valence-corrected chi connectivity index (χ3v) is 5.01. The lowest BCUT2D eigenvalue weighted by molar-refractivity contribution is 0.324. The quantitative estimate of drug-likeness (QED) is 0.861. The van der Waals surface area contributed by atoms with Gasteiger partial charge in [-0.25, -0.2) is 0 Å². The van der Waals surface area contributed by atoms with Gasteiger partial charge in [0.15, 0.2) is 0 Å². The average molecular weight is 259 g/mol. The maximum atomic E-state index is 9.72. The molecule has 1 aromatic rings. The molecule has 1 fully saturated rings. The lowest BCUT2D eigenvalue weighted by Gasteiger charge is -2.31. The SMILES string of the molecule is C[C@H](NC1CCCc2ccc(O)cc21)C1CCCC1. The molecule has 1 saturated carbocycles. The van der Waals surface area contributed by atoms with Crippen molar-refractivity contribution in [1.82, 2.24) is 5.32 Å². The molecule has 2 atom stereocenters. The van der Waals surface area contributed by atoms with E-state index in [4.69, 9.17) is 0 Å². The Morgan fingerprint density at radius 3 is 2.74 bits per heavy atom. The second-order valence-corrected chi connectivity index (χ2v) is 6.33. The van der Waals surface area contributed by atoms with Gasteiger partial charge in [-0.15, -0.1) is 0 Å². The van der Waals surface area contributed by atoms with E-state index in [9.17, 15) is 5.11 Å². The molecule has 2 N–H and O–H groups in total. The van der Waals surface area contributed by atoms with E-state index in [2.05, 4.69) is 18.3 Å². The highest BCUT2D eigenvalue weighted by Crippen LogP contribution is 2.34. The molecule has 0 heterocycles. The molecule has 0 radical (unpaired) electrons. The van der Waals surface area contributed by atoms with E-state index < -0.39 is 0 Å². The van der Waals surface area contributed by atoms with Crippen molar-refractivity contribution in [3.8, 4) is 5.75 Å². The van der Waals surface area contributed by atoms with Gasteiger partial charge >= 0.3 is 0 Å². The molecule has 2 nitrogen and oxygen atoms in total. The Morgan fingerprint density at radius 1 is 1.16 bits per heavy atom. The summed E-state index contributed by atoms with van der Waals surface area (Å²) in [6.45, 7) is 2.34. The van der Waals surface area contributed by atoms with Gasteiger partial charge in [0.2, 0.25) is 0 Å². The maximum absolute atomic E-state index is 9.72. The molecular weight excluding hydrogens is 234 g/mol. The largest absolute Gasteiger partial charge is 0.508 e. The third-order valence-electron chi connectivity index (χ3n) is 5.01. The van der Waals surface area contributed by atoms with Crippen molar-refractivity contribution in [1.29, 1.82) is 0 Å². The minimum Gasteiger partial charge on any atom is -0.508 e. The second kappa shape index (κ2) is 5.54. The third kappa shape index (κ3) is 2.79. The predicted molar refractivity (Wildman–Crippen MR) is 78.3 cm³/mol. The first-order chi connectivity index (χ1) is 9.24. The van der Waals surface area contributed by atoms with Gasteiger partial charge in [0.25, 0.3) is 0 Å². The van der Waals surface area contributed by atoms with Crippen molar-refractivity contribution >= 4 is 0 Å². The fourth-order valence-electron chi connectivity index (χ4n) is 3.87. The Morgan fingerprint density at radius 2 is 1.95 bits per heavy atom. The molecule has 1 unspecified atom stereocenters. The average Bonchev–Trinajstić information content (AvgIpc) is 2.93. The molecule has 0 bridgehead atoms. The lowest BCUT2D eigenvalue weighted by Crippen LogP contribution is -2.36. The number of benzene rings is 1. The van der Waals surface area contributed by atoms with Crippen LogP contribution in [0.4, 0.5) is 0 Å². The van der Waals surface area contributed by atoms with Gasteiger partial charge in [0, 0.05) is 12.1 Å². The zero-order valence-electron chi connectivity index (χ0n) is 11.9. The number of aryl methyl sites for hydroxylation is 1. The van der Waals surface area contributed by atoms with Gasteiger partial charge in [0.1, 0.15) is 5.75 Å². The van der Waals surface area contributed by atoms with E-state index in [1.54, 1.807) is 0 Å². The molecule has 0 aromatic heterocycles. The van der Waals surface area contributed by atoms with Crippen molar-refractivity contribution < 1.29 is 5.11 Å². The van der Waals surface area contributed by atoms with Gasteiger partial charge in [0.05, 0.1) is 0 Å². The molecule has 0 saturated heterocycles. The van der Waals surface area contributed by atoms with E-state index >= 15 is 0 Å². The molecule has 104 valence electrons. The second-order valence-electron chi connectivity index (χ2n) is 6.33. The van der Waals surface area contributed by atoms with Crippen molar-refractivity contribution in [2.75, 3.05) is 0 Å². The first-order valence-electron chi connectivity index (χ1n) is 7.82. The van der Waals surface area contributed by atoms with Gasteiger partial charge in [-0.1, -0.05) is 18.9 Å². The van der Waals surface area contributed by atoms with Gasteiger partial charge < -0.3 is 10.4 Å². The Hall–Kier alpha value is -1.02. The van der Waals surface area contributed by atoms with Crippen LogP contribution in [0.25, 0.3) is 0 Å². The van der Waals surface area contributed by atoms with Crippen LogP contribution >= 0.6 is 0 Å². The zero-order chi connectivity index (χ0) is 13.2. The molecule has 2 aliphatic rings. The highest BCUT2D eigenvalue weighted by Gasteiger charge is 2.26. The minimum atomic E-state index is 0.404. The summed E-state index contributed by atoms with van der Waals surface area (Å²) in [7, 11) is 0. The van der Waals surface area contributed by atoms with Crippen molar-refractivity contribution in [3.05, 3.63) is 29.3 Å².